The van der Waals surface area contributed by atoms with Crippen molar-refractivity contribution in [3.8, 4) is 0 Å². The van der Waals surface area contributed by atoms with Crippen molar-refractivity contribution >= 4 is 39.5 Å². The van der Waals surface area contributed by atoms with E-state index in [1.54, 1.807) is 12.3 Å². The molecule has 1 fully saturated rings. The summed E-state index contributed by atoms with van der Waals surface area (Å²) >= 11 is 1.43. The third kappa shape index (κ3) is 5.23. The van der Waals surface area contributed by atoms with Crippen LogP contribution in [0.5, 0.6) is 0 Å². The molecule has 8 heteroatoms. The van der Waals surface area contributed by atoms with Crippen molar-refractivity contribution in [2.24, 2.45) is 0 Å². The van der Waals surface area contributed by atoms with Crippen LogP contribution in [0.1, 0.15) is 25.2 Å². The predicted molar refractivity (Wildman–Crippen MR) is 115 cm³/mol. The number of thiazole rings is 1. The van der Waals surface area contributed by atoms with E-state index in [2.05, 4.69) is 39.0 Å². The summed E-state index contributed by atoms with van der Waals surface area (Å²) in [4.78, 5) is 27.9. The first-order valence-electron chi connectivity index (χ1n) is 9.58. The molecule has 1 aliphatic heterocycles. The normalized spacial score (nSPS) is 20.3. The van der Waals surface area contributed by atoms with Gasteiger partial charge in [-0.2, -0.15) is 0 Å². The van der Waals surface area contributed by atoms with Crippen LogP contribution in [0.2, 0.25) is 0 Å². The van der Waals surface area contributed by atoms with Crippen LogP contribution in [0.15, 0.2) is 41.9 Å². The first-order valence-corrected chi connectivity index (χ1v) is 10.5. The number of hydrogen-bond acceptors (Lipinski definition) is 7. The number of hydrogen-bond donors (Lipinski definition) is 1. The molecule has 1 N–H and O–H groups in total. The van der Waals surface area contributed by atoms with E-state index >= 15 is 0 Å². The Morgan fingerprint density at radius 2 is 2.00 bits per heavy atom. The van der Waals surface area contributed by atoms with E-state index in [-0.39, 0.29) is 18.1 Å². The van der Waals surface area contributed by atoms with E-state index in [0.717, 1.165) is 36.4 Å². The number of anilines is 1. The van der Waals surface area contributed by atoms with Crippen molar-refractivity contribution in [2.75, 3.05) is 18.4 Å². The molecule has 2 atom stereocenters. The Kier molecular flexibility index (Phi) is 5.94. The zero-order chi connectivity index (χ0) is 20.2. The number of para-hydroxylation sites is 2. The molecular formula is C21H23N5O2S. The minimum Gasteiger partial charge on any atom is -0.373 e. The Bertz CT molecular complexity index is 1020. The summed E-state index contributed by atoms with van der Waals surface area (Å²) in [6.07, 6.45) is 5.20. The molecule has 0 bridgehead atoms. The second-order valence-electron chi connectivity index (χ2n) is 7.20. The van der Waals surface area contributed by atoms with Gasteiger partial charge in [-0.3, -0.25) is 20.0 Å². The van der Waals surface area contributed by atoms with Crippen LogP contribution >= 0.6 is 11.3 Å². The fourth-order valence-corrected chi connectivity index (χ4v) is 4.14. The number of nitrogens with one attached hydrogen (secondary N) is 1. The standard InChI is InChI=1S/C21H23N5O2S/c1-14-10-26(11-15(2)28-14)12-17-13-29-21(24-17)25-20(27)8-7-16-9-22-18-5-3-4-6-19(18)23-16/h3-9,13-15H,10-12H2,1-2H3,(H,24,25,27)/b8-7+. The van der Waals surface area contributed by atoms with Crippen LogP contribution in [-0.2, 0) is 16.1 Å². The summed E-state index contributed by atoms with van der Waals surface area (Å²) in [6.45, 7) is 6.70. The molecule has 0 spiro atoms. The Morgan fingerprint density at radius 3 is 2.79 bits per heavy atom. The SMILES string of the molecule is CC1CN(Cc2csc(NC(=O)/C=C/c3cnc4ccccc4n3)n2)CC(C)O1. The van der Waals surface area contributed by atoms with Gasteiger partial charge in [0.1, 0.15) is 0 Å². The van der Waals surface area contributed by atoms with Gasteiger partial charge in [-0.05, 0) is 32.1 Å². The average Bonchev–Trinajstić information content (AvgIpc) is 3.12. The number of carbonyl (C=O) groups excluding carboxylic acids is 1. The number of ether oxygens (including phenoxy) is 1. The van der Waals surface area contributed by atoms with Crippen molar-refractivity contribution in [3.05, 3.63) is 53.3 Å². The van der Waals surface area contributed by atoms with Crippen molar-refractivity contribution in [1.82, 2.24) is 19.9 Å². The van der Waals surface area contributed by atoms with Gasteiger partial charge in [-0.1, -0.05) is 12.1 Å². The van der Waals surface area contributed by atoms with Gasteiger partial charge in [0.25, 0.3) is 0 Å². The summed E-state index contributed by atoms with van der Waals surface area (Å²) in [5.41, 5.74) is 3.21. The van der Waals surface area contributed by atoms with Gasteiger partial charge in [0.2, 0.25) is 5.91 Å². The maximum Gasteiger partial charge on any atom is 0.250 e. The van der Waals surface area contributed by atoms with Gasteiger partial charge < -0.3 is 4.74 Å². The smallest absolute Gasteiger partial charge is 0.250 e. The lowest BCUT2D eigenvalue weighted by molar-refractivity contribution is -0.111. The van der Waals surface area contributed by atoms with Crippen LogP contribution in [-0.4, -0.2) is 51.1 Å². The highest BCUT2D eigenvalue weighted by molar-refractivity contribution is 7.13. The van der Waals surface area contributed by atoms with Crippen LogP contribution < -0.4 is 5.32 Å². The van der Waals surface area contributed by atoms with Crippen molar-refractivity contribution in [3.63, 3.8) is 0 Å². The lowest BCUT2D eigenvalue weighted by Gasteiger charge is -2.34. The third-order valence-corrected chi connectivity index (χ3v) is 5.34. The van der Waals surface area contributed by atoms with Crippen LogP contribution in [0.3, 0.4) is 0 Å². The fraction of sp³-hybridized carbons (Fsp3) is 0.333. The molecule has 1 aliphatic rings. The van der Waals surface area contributed by atoms with Crippen molar-refractivity contribution in [1.29, 1.82) is 0 Å². The van der Waals surface area contributed by atoms with Gasteiger partial charge >= 0.3 is 0 Å². The zero-order valence-corrected chi connectivity index (χ0v) is 17.2. The molecule has 0 radical (unpaired) electrons. The molecule has 1 aromatic carbocycles. The lowest BCUT2D eigenvalue weighted by atomic mass is 10.2. The molecule has 150 valence electrons. The molecule has 7 nitrogen and oxygen atoms in total. The molecular weight excluding hydrogens is 386 g/mol. The monoisotopic (exact) mass is 409 g/mol. The van der Waals surface area contributed by atoms with E-state index in [0.29, 0.717) is 10.8 Å². The van der Waals surface area contributed by atoms with Crippen LogP contribution in [0.25, 0.3) is 17.1 Å². The van der Waals surface area contributed by atoms with Crippen LogP contribution in [0, 0.1) is 0 Å². The van der Waals surface area contributed by atoms with Gasteiger partial charge in [-0.15, -0.1) is 11.3 Å². The molecule has 2 aromatic heterocycles. The maximum atomic E-state index is 12.2. The van der Waals surface area contributed by atoms with E-state index in [1.165, 1.54) is 17.4 Å². The Morgan fingerprint density at radius 1 is 1.24 bits per heavy atom. The summed E-state index contributed by atoms with van der Waals surface area (Å²) < 4.78 is 5.77. The molecule has 3 aromatic rings. The summed E-state index contributed by atoms with van der Waals surface area (Å²) in [5, 5.41) is 5.39. The van der Waals surface area contributed by atoms with Crippen molar-refractivity contribution in [2.45, 2.75) is 32.6 Å². The first kappa shape index (κ1) is 19.6. The minimum atomic E-state index is -0.241. The number of nitrogens with zero attached hydrogens (tertiary/aromatic N) is 4. The van der Waals surface area contributed by atoms with Gasteiger partial charge in [-0.25, -0.2) is 9.97 Å². The molecule has 3 heterocycles. The predicted octanol–water partition coefficient (Wildman–Crippen LogP) is 3.35. The number of fused-ring (bicyclic) bond motifs is 1. The molecule has 2 unspecified atom stereocenters. The second-order valence-corrected chi connectivity index (χ2v) is 8.06. The molecule has 0 saturated carbocycles. The average molecular weight is 410 g/mol. The van der Waals surface area contributed by atoms with Gasteiger partial charge in [0, 0.05) is 31.1 Å². The van der Waals surface area contributed by atoms with E-state index in [1.807, 2.05) is 29.6 Å². The Labute approximate surface area is 173 Å². The summed E-state index contributed by atoms with van der Waals surface area (Å²) in [5.74, 6) is -0.241. The number of amides is 1. The summed E-state index contributed by atoms with van der Waals surface area (Å²) in [7, 11) is 0. The van der Waals surface area contributed by atoms with Gasteiger partial charge in [0.05, 0.1) is 40.8 Å². The quantitative estimate of drug-likeness (QED) is 0.651. The topological polar surface area (TPSA) is 80.2 Å². The highest BCUT2D eigenvalue weighted by Gasteiger charge is 2.22. The lowest BCUT2D eigenvalue weighted by Crippen LogP contribution is -2.44. The maximum absolute atomic E-state index is 12.2. The zero-order valence-electron chi connectivity index (χ0n) is 16.4. The van der Waals surface area contributed by atoms with E-state index in [4.69, 9.17) is 4.74 Å². The number of aromatic nitrogens is 3. The summed E-state index contributed by atoms with van der Waals surface area (Å²) in [6, 6.07) is 7.63. The van der Waals surface area contributed by atoms with E-state index < -0.39 is 0 Å². The second kappa shape index (κ2) is 8.77. The molecule has 29 heavy (non-hydrogen) atoms. The molecule has 1 saturated heterocycles. The highest BCUT2D eigenvalue weighted by atomic mass is 32.1. The number of benzene rings is 1. The number of carbonyl (C=O) groups is 1. The highest BCUT2D eigenvalue weighted by Crippen LogP contribution is 2.19. The fourth-order valence-electron chi connectivity index (χ4n) is 3.44. The number of rotatable bonds is 5. The van der Waals surface area contributed by atoms with Crippen molar-refractivity contribution < 1.29 is 9.53 Å². The molecule has 0 aliphatic carbocycles. The first-order chi connectivity index (χ1) is 14.0. The number of morpholine rings is 1. The molecule has 1 amide bonds. The van der Waals surface area contributed by atoms with Crippen LogP contribution in [0.4, 0.5) is 5.13 Å². The van der Waals surface area contributed by atoms with E-state index in [9.17, 15) is 4.79 Å². The third-order valence-electron chi connectivity index (χ3n) is 4.54. The van der Waals surface area contributed by atoms with Gasteiger partial charge in [0.15, 0.2) is 5.13 Å². The molecule has 4 rings (SSSR count). The Balaban J connectivity index is 1.34. The minimum absolute atomic E-state index is 0.222. The largest absolute Gasteiger partial charge is 0.373 e. The Hall–Kier alpha value is -2.68.